The molecule has 0 radical (unpaired) electrons. The van der Waals surface area contributed by atoms with E-state index in [1.165, 1.54) is 18.5 Å². The highest BCUT2D eigenvalue weighted by molar-refractivity contribution is 9.10. The van der Waals surface area contributed by atoms with Crippen LogP contribution in [0.5, 0.6) is 11.6 Å². The van der Waals surface area contributed by atoms with Gasteiger partial charge in [-0.25, -0.2) is 19.3 Å². The molecule has 0 aliphatic heterocycles. The number of halogens is 2. The maximum atomic E-state index is 13.3. The molecule has 0 fully saturated rings. The lowest BCUT2D eigenvalue weighted by atomic mass is 10.2. The summed E-state index contributed by atoms with van der Waals surface area (Å²) < 4.78 is 19.6. The van der Waals surface area contributed by atoms with Gasteiger partial charge in [-0.1, -0.05) is 0 Å². The molecule has 0 spiro atoms. The molecule has 0 saturated carbocycles. The topological polar surface area (TPSA) is 47.9 Å². The molecule has 0 amide bonds. The van der Waals surface area contributed by atoms with E-state index in [1.54, 1.807) is 24.4 Å². The van der Waals surface area contributed by atoms with Crippen molar-refractivity contribution in [2.45, 2.75) is 0 Å². The predicted octanol–water partition coefficient (Wildman–Crippen LogP) is 3.72. The lowest BCUT2D eigenvalue weighted by Gasteiger charge is -2.06. The van der Waals surface area contributed by atoms with Gasteiger partial charge in [0.25, 0.3) is 0 Å². The molecule has 4 nitrogen and oxygen atoms in total. The van der Waals surface area contributed by atoms with E-state index in [9.17, 15) is 4.39 Å². The SMILES string of the molecule is Fc1ccc2ncnc(Oc3ccc(Br)nc3)c2c1. The van der Waals surface area contributed by atoms with Gasteiger partial charge in [0, 0.05) is 0 Å². The number of nitrogens with zero attached hydrogens (tertiary/aromatic N) is 3. The summed E-state index contributed by atoms with van der Waals surface area (Å²) in [5.41, 5.74) is 0.622. The van der Waals surface area contributed by atoms with Crippen LogP contribution < -0.4 is 4.74 Å². The molecule has 94 valence electrons. The molecule has 6 heteroatoms. The molecule has 0 saturated heterocycles. The molecule has 19 heavy (non-hydrogen) atoms. The number of fused-ring (bicyclic) bond motifs is 1. The molecule has 0 atom stereocenters. The van der Waals surface area contributed by atoms with Gasteiger partial charge in [0.1, 0.15) is 22.5 Å². The number of hydrogen-bond donors (Lipinski definition) is 0. The summed E-state index contributed by atoms with van der Waals surface area (Å²) in [6.45, 7) is 0. The van der Waals surface area contributed by atoms with Gasteiger partial charge in [-0.2, -0.15) is 0 Å². The summed E-state index contributed by atoms with van der Waals surface area (Å²) in [5, 5.41) is 0.519. The predicted molar refractivity (Wildman–Crippen MR) is 71.5 cm³/mol. The quantitative estimate of drug-likeness (QED) is 0.675. The van der Waals surface area contributed by atoms with Crippen LogP contribution in [0.1, 0.15) is 0 Å². The number of aromatic nitrogens is 3. The van der Waals surface area contributed by atoms with Gasteiger partial charge >= 0.3 is 0 Å². The number of pyridine rings is 1. The second kappa shape index (κ2) is 4.89. The lowest BCUT2D eigenvalue weighted by Crippen LogP contribution is -1.92. The average Bonchev–Trinajstić information content (AvgIpc) is 2.42. The van der Waals surface area contributed by atoms with Crippen LogP contribution in [0, 0.1) is 5.82 Å². The molecular formula is C13H7BrFN3O. The Morgan fingerprint density at radius 3 is 2.74 bits per heavy atom. The third-order valence-corrected chi connectivity index (χ3v) is 2.94. The molecule has 0 aliphatic carbocycles. The first-order chi connectivity index (χ1) is 9.22. The number of hydrogen-bond acceptors (Lipinski definition) is 4. The molecule has 0 unspecified atom stereocenters. The van der Waals surface area contributed by atoms with Crippen LogP contribution in [-0.2, 0) is 0 Å². The van der Waals surface area contributed by atoms with Crippen LogP contribution in [0.25, 0.3) is 10.9 Å². The summed E-state index contributed by atoms with van der Waals surface area (Å²) in [5.74, 6) is 0.460. The van der Waals surface area contributed by atoms with Gasteiger partial charge in [0.15, 0.2) is 0 Å². The van der Waals surface area contributed by atoms with Gasteiger partial charge in [-0.15, -0.1) is 0 Å². The summed E-state index contributed by atoms with van der Waals surface area (Å²) in [7, 11) is 0. The molecule has 1 aromatic carbocycles. The minimum atomic E-state index is -0.360. The third-order valence-electron chi connectivity index (χ3n) is 2.48. The van der Waals surface area contributed by atoms with Crippen LogP contribution in [0.2, 0.25) is 0 Å². The van der Waals surface area contributed by atoms with Crippen LogP contribution in [0.3, 0.4) is 0 Å². The first-order valence-electron chi connectivity index (χ1n) is 5.42. The lowest BCUT2D eigenvalue weighted by molar-refractivity contribution is 0.465. The zero-order valence-electron chi connectivity index (χ0n) is 9.55. The second-order valence-electron chi connectivity index (χ2n) is 3.76. The fourth-order valence-electron chi connectivity index (χ4n) is 1.62. The van der Waals surface area contributed by atoms with E-state index in [4.69, 9.17) is 4.74 Å². The standard InChI is InChI=1S/C13H7BrFN3O/c14-12-4-2-9(6-16-12)19-13-10-5-8(15)1-3-11(10)17-7-18-13/h1-7H. The van der Waals surface area contributed by atoms with Crippen molar-refractivity contribution < 1.29 is 9.13 Å². The van der Waals surface area contributed by atoms with Crippen molar-refractivity contribution in [1.29, 1.82) is 0 Å². The molecule has 0 N–H and O–H groups in total. The van der Waals surface area contributed by atoms with Crippen molar-refractivity contribution in [1.82, 2.24) is 15.0 Å². The monoisotopic (exact) mass is 319 g/mol. The van der Waals surface area contributed by atoms with Crippen molar-refractivity contribution in [3.05, 3.63) is 53.3 Å². The zero-order chi connectivity index (χ0) is 13.2. The molecule has 2 heterocycles. The first-order valence-corrected chi connectivity index (χ1v) is 6.21. The first kappa shape index (κ1) is 12.0. The van der Waals surface area contributed by atoms with E-state index in [1.807, 2.05) is 0 Å². The van der Waals surface area contributed by atoms with Gasteiger partial charge in [-0.05, 0) is 46.3 Å². The summed E-state index contributed by atoms with van der Waals surface area (Å²) >= 11 is 3.24. The highest BCUT2D eigenvalue weighted by Crippen LogP contribution is 2.27. The number of benzene rings is 1. The molecule has 0 bridgehead atoms. The smallest absolute Gasteiger partial charge is 0.230 e. The van der Waals surface area contributed by atoms with Crippen LogP contribution >= 0.6 is 15.9 Å². The summed E-state index contributed by atoms with van der Waals surface area (Å²) in [6, 6.07) is 7.76. The molecule has 3 aromatic rings. The number of rotatable bonds is 2. The van der Waals surface area contributed by atoms with Gasteiger partial charge in [0.05, 0.1) is 17.1 Å². The van der Waals surface area contributed by atoms with Crippen molar-refractivity contribution in [3.63, 3.8) is 0 Å². The second-order valence-corrected chi connectivity index (χ2v) is 4.57. The van der Waals surface area contributed by atoms with Crippen molar-refractivity contribution in [2.24, 2.45) is 0 Å². The third kappa shape index (κ3) is 2.53. The maximum absolute atomic E-state index is 13.3. The highest BCUT2D eigenvalue weighted by atomic mass is 79.9. The Morgan fingerprint density at radius 1 is 1.05 bits per heavy atom. The van der Waals surface area contributed by atoms with Crippen LogP contribution in [0.4, 0.5) is 4.39 Å². The minimum absolute atomic E-state index is 0.300. The molecule has 2 aromatic heterocycles. The van der Waals surface area contributed by atoms with Crippen molar-refractivity contribution in [2.75, 3.05) is 0 Å². The largest absolute Gasteiger partial charge is 0.437 e. The maximum Gasteiger partial charge on any atom is 0.230 e. The van der Waals surface area contributed by atoms with E-state index >= 15 is 0 Å². The Bertz CT molecular complexity index is 734. The fourth-order valence-corrected chi connectivity index (χ4v) is 1.86. The fraction of sp³-hybridized carbons (Fsp3) is 0. The Hall–Kier alpha value is -2.08. The Kier molecular flexibility index (Phi) is 3.08. The summed E-state index contributed by atoms with van der Waals surface area (Å²) in [6.07, 6.45) is 2.93. The van der Waals surface area contributed by atoms with Gasteiger partial charge < -0.3 is 4.74 Å². The Labute approximate surface area is 116 Å². The van der Waals surface area contributed by atoms with E-state index < -0.39 is 0 Å². The van der Waals surface area contributed by atoms with Gasteiger partial charge in [-0.3, -0.25) is 0 Å². The minimum Gasteiger partial charge on any atom is -0.437 e. The van der Waals surface area contributed by atoms with Crippen molar-refractivity contribution in [3.8, 4) is 11.6 Å². The summed E-state index contributed by atoms with van der Waals surface area (Å²) in [4.78, 5) is 12.1. The Balaban J connectivity index is 2.05. The Morgan fingerprint density at radius 2 is 1.95 bits per heavy atom. The van der Waals surface area contributed by atoms with E-state index in [2.05, 4.69) is 30.9 Å². The van der Waals surface area contributed by atoms with Gasteiger partial charge in [0.2, 0.25) is 5.88 Å². The molecular weight excluding hydrogens is 313 g/mol. The molecule has 0 aliphatic rings. The average molecular weight is 320 g/mol. The molecule has 3 rings (SSSR count). The normalized spacial score (nSPS) is 10.6. The number of ether oxygens (including phenoxy) is 1. The van der Waals surface area contributed by atoms with E-state index in [0.717, 1.165) is 0 Å². The van der Waals surface area contributed by atoms with E-state index in [0.29, 0.717) is 27.1 Å². The van der Waals surface area contributed by atoms with Crippen LogP contribution in [0.15, 0.2) is 47.5 Å². The van der Waals surface area contributed by atoms with Crippen LogP contribution in [-0.4, -0.2) is 15.0 Å². The highest BCUT2D eigenvalue weighted by Gasteiger charge is 2.07. The van der Waals surface area contributed by atoms with E-state index in [-0.39, 0.29) is 5.82 Å². The zero-order valence-corrected chi connectivity index (χ0v) is 11.1. The van der Waals surface area contributed by atoms with Crippen molar-refractivity contribution >= 4 is 26.8 Å².